The van der Waals surface area contributed by atoms with Crippen molar-refractivity contribution in [3.8, 4) is 0 Å². The molecule has 3 nitrogen and oxygen atoms in total. The van der Waals surface area contributed by atoms with Gasteiger partial charge in [0.05, 0.1) is 19.3 Å². The second-order valence-electron chi connectivity index (χ2n) is 10.6. The highest BCUT2D eigenvalue weighted by Crippen LogP contribution is 2.44. The highest BCUT2D eigenvalue weighted by atomic mass is 19.2. The van der Waals surface area contributed by atoms with Gasteiger partial charge in [-0.05, 0) is 87.2 Å². The fraction of sp³-hybridized carbons (Fsp3) is 0.643. The van der Waals surface area contributed by atoms with E-state index in [9.17, 15) is 17.6 Å². The molecule has 1 aliphatic heterocycles. The van der Waals surface area contributed by atoms with Gasteiger partial charge in [0.1, 0.15) is 11.9 Å². The molecule has 3 aliphatic carbocycles. The van der Waals surface area contributed by atoms with Crippen LogP contribution in [-0.2, 0) is 14.2 Å². The molecule has 1 saturated heterocycles. The van der Waals surface area contributed by atoms with Gasteiger partial charge < -0.3 is 14.2 Å². The Morgan fingerprint density at radius 3 is 2.20 bits per heavy atom. The summed E-state index contributed by atoms with van der Waals surface area (Å²) < 4.78 is 75.0. The van der Waals surface area contributed by atoms with Gasteiger partial charge >= 0.3 is 0 Å². The van der Waals surface area contributed by atoms with E-state index in [1.807, 2.05) is 0 Å². The van der Waals surface area contributed by atoms with Crippen molar-refractivity contribution in [3.63, 3.8) is 0 Å². The number of allylic oxidation sites excluding steroid dienone is 3. The first-order chi connectivity index (χ1) is 17.0. The molecular weight excluding hydrogens is 460 g/mol. The lowest BCUT2D eigenvalue weighted by Gasteiger charge is -2.34. The number of halogens is 4. The highest BCUT2D eigenvalue weighted by molar-refractivity contribution is 5.32. The molecule has 1 aromatic rings. The van der Waals surface area contributed by atoms with Gasteiger partial charge in [-0.2, -0.15) is 0 Å². The molecule has 0 spiro atoms. The summed E-state index contributed by atoms with van der Waals surface area (Å²) in [5, 5.41) is 0. The first-order valence-electron chi connectivity index (χ1n) is 13.0. The second kappa shape index (κ2) is 10.6. The maximum absolute atomic E-state index is 14.9. The molecular formula is C28H34F4O3. The number of methoxy groups -OCH3 is 1. The van der Waals surface area contributed by atoms with Crippen LogP contribution in [-0.4, -0.2) is 26.4 Å². The summed E-state index contributed by atoms with van der Waals surface area (Å²) in [7, 11) is 1.70. The van der Waals surface area contributed by atoms with Crippen LogP contribution < -0.4 is 0 Å². The molecule has 192 valence electrons. The summed E-state index contributed by atoms with van der Waals surface area (Å²) in [6.07, 6.45) is 8.48. The molecule has 5 rings (SSSR count). The number of benzene rings is 1. The Bertz CT molecular complexity index is 971. The Balaban J connectivity index is 1.11. The van der Waals surface area contributed by atoms with Crippen molar-refractivity contribution in [2.45, 2.75) is 75.9 Å². The number of ether oxygens (including phenoxy) is 3. The van der Waals surface area contributed by atoms with Crippen molar-refractivity contribution in [3.05, 3.63) is 58.4 Å². The van der Waals surface area contributed by atoms with Crippen LogP contribution >= 0.6 is 0 Å². The molecule has 0 amide bonds. The van der Waals surface area contributed by atoms with Gasteiger partial charge in [0.25, 0.3) is 0 Å². The first-order valence-corrected chi connectivity index (χ1v) is 13.0. The van der Waals surface area contributed by atoms with Crippen LogP contribution in [0, 0.1) is 29.4 Å². The van der Waals surface area contributed by atoms with Crippen molar-refractivity contribution >= 4 is 0 Å². The highest BCUT2D eigenvalue weighted by Gasteiger charge is 2.36. The third-order valence-electron chi connectivity index (χ3n) is 8.51. The van der Waals surface area contributed by atoms with Gasteiger partial charge in [0.2, 0.25) is 0 Å². The molecule has 4 aliphatic rings. The number of hydrogen-bond donors (Lipinski definition) is 0. The first kappa shape index (κ1) is 24.8. The fourth-order valence-corrected chi connectivity index (χ4v) is 6.17. The molecule has 0 radical (unpaired) electrons. The van der Waals surface area contributed by atoms with Crippen LogP contribution in [0.2, 0.25) is 0 Å². The summed E-state index contributed by atoms with van der Waals surface area (Å²) in [5.74, 6) is -3.24. The van der Waals surface area contributed by atoms with Crippen molar-refractivity contribution in [1.29, 1.82) is 0 Å². The number of epoxide rings is 1. The zero-order valence-corrected chi connectivity index (χ0v) is 20.2. The minimum absolute atomic E-state index is 0.0115. The Morgan fingerprint density at radius 2 is 1.54 bits per heavy atom. The summed E-state index contributed by atoms with van der Waals surface area (Å²) in [6.45, 7) is 0.741. The van der Waals surface area contributed by atoms with Crippen molar-refractivity contribution < 1.29 is 31.8 Å². The fourth-order valence-electron chi connectivity index (χ4n) is 6.17. The molecule has 0 N–H and O–H groups in total. The Hall–Kier alpha value is -1.86. The monoisotopic (exact) mass is 494 g/mol. The zero-order chi connectivity index (χ0) is 24.5. The third-order valence-corrected chi connectivity index (χ3v) is 8.51. The summed E-state index contributed by atoms with van der Waals surface area (Å²) in [6, 6.07) is 3.32. The van der Waals surface area contributed by atoms with Crippen LogP contribution in [0.25, 0.3) is 0 Å². The van der Waals surface area contributed by atoms with E-state index in [2.05, 4.69) is 0 Å². The van der Waals surface area contributed by atoms with Gasteiger partial charge in [0, 0.05) is 18.6 Å². The second-order valence-corrected chi connectivity index (χ2v) is 10.6. The number of rotatable bonds is 7. The predicted molar refractivity (Wildman–Crippen MR) is 124 cm³/mol. The van der Waals surface area contributed by atoms with Crippen LogP contribution in [0.3, 0.4) is 0 Å². The molecule has 2 unspecified atom stereocenters. The van der Waals surface area contributed by atoms with E-state index < -0.39 is 29.2 Å². The molecule has 2 atom stereocenters. The van der Waals surface area contributed by atoms with E-state index in [1.54, 1.807) is 25.3 Å². The Labute approximate surface area is 204 Å². The lowest BCUT2D eigenvalue weighted by atomic mass is 9.75. The van der Waals surface area contributed by atoms with Crippen LogP contribution in [0.5, 0.6) is 0 Å². The summed E-state index contributed by atoms with van der Waals surface area (Å²) in [5.41, 5.74) is 0.712. The normalized spacial score (nSPS) is 33.5. The van der Waals surface area contributed by atoms with E-state index in [4.69, 9.17) is 14.2 Å². The van der Waals surface area contributed by atoms with Crippen LogP contribution in [0.15, 0.2) is 35.6 Å². The van der Waals surface area contributed by atoms with Crippen molar-refractivity contribution in [2.75, 3.05) is 20.3 Å². The molecule has 1 heterocycles. The summed E-state index contributed by atoms with van der Waals surface area (Å²) >= 11 is 0. The molecule has 0 aromatic heterocycles. The minimum atomic E-state index is -0.860. The van der Waals surface area contributed by atoms with Gasteiger partial charge in [-0.15, -0.1) is 0 Å². The standard InChI is InChI=1S/C28H34F4O3/c1-33-19-8-6-18(7-9-19)21-12-13-23(28(32)26(21)30)34-14-16-2-4-17(5-3-16)20-10-11-22(24-15-35-24)27(31)25(20)29/h10-11,13,16-19,21,24H,2-9,12,14-15H2,1H3. The lowest BCUT2D eigenvalue weighted by molar-refractivity contribution is 0.0464. The molecule has 3 fully saturated rings. The van der Waals surface area contributed by atoms with E-state index in [-0.39, 0.29) is 35.7 Å². The van der Waals surface area contributed by atoms with Crippen LogP contribution in [0.4, 0.5) is 17.6 Å². The van der Waals surface area contributed by atoms with Crippen LogP contribution in [0.1, 0.15) is 80.9 Å². The lowest BCUT2D eigenvalue weighted by Crippen LogP contribution is -2.27. The molecule has 2 saturated carbocycles. The SMILES string of the molecule is COC1CCC(C2CC=C(OCC3CCC(c4ccc(C5CO5)c(F)c4F)CC3)C(F)=C2F)CC1. The molecule has 0 bridgehead atoms. The minimum Gasteiger partial charge on any atom is -0.490 e. The van der Waals surface area contributed by atoms with E-state index in [1.165, 1.54) is 0 Å². The zero-order valence-electron chi connectivity index (χ0n) is 20.2. The molecule has 35 heavy (non-hydrogen) atoms. The van der Waals surface area contributed by atoms with Gasteiger partial charge in [-0.1, -0.05) is 12.1 Å². The summed E-state index contributed by atoms with van der Waals surface area (Å²) in [4.78, 5) is 0. The Kier molecular flexibility index (Phi) is 7.54. The van der Waals surface area contributed by atoms with E-state index in [0.29, 0.717) is 43.6 Å². The maximum Gasteiger partial charge on any atom is 0.196 e. The van der Waals surface area contributed by atoms with Gasteiger partial charge in [0.15, 0.2) is 23.2 Å². The Morgan fingerprint density at radius 1 is 0.886 bits per heavy atom. The smallest absolute Gasteiger partial charge is 0.196 e. The molecule has 1 aromatic carbocycles. The van der Waals surface area contributed by atoms with E-state index in [0.717, 1.165) is 38.5 Å². The number of hydrogen-bond acceptors (Lipinski definition) is 3. The average Bonchev–Trinajstić information content (AvgIpc) is 3.72. The predicted octanol–water partition coefficient (Wildman–Crippen LogP) is 7.59. The van der Waals surface area contributed by atoms with Crippen molar-refractivity contribution in [1.82, 2.24) is 0 Å². The average molecular weight is 495 g/mol. The topological polar surface area (TPSA) is 31.0 Å². The van der Waals surface area contributed by atoms with E-state index >= 15 is 0 Å². The van der Waals surface area contributed by atoms with Crippen molar-refractivity contribution in [2.24, 2.45) is 17.8 Å². The van der Waals surface area contributed by atoms with Gasteiger partial charge in [-0.3, -0.25) is 0 Å². The molecule has 7 heteroatoms. The maximum atomic E-state index is 14.9. The largest absolute Gasteiger partial charge is 0.490 e. The third kappa shape index (κ3) is 5.31. The quantitative estimate of drug-likeness (QED) is 0.289. The van der Waals surface area contributed by atoms with Gasteiger partial charge in [-0.25, -0.2) is 17.6 Å².